The average Bonchev–Trinajstić information content (AvgIpc) is 2.84. The van der Waals surface area contributed by atoms with Crippen LogP contribution in [-0.2, 0) is 32.1 Å². The molecule has 1 aromatic heterocycles. The Labute approximate surface area is 193 Å². The predicted octanol–water partition coefficient (Wildman–Crippen LogP) is 2.78. The van der Waals surface area contributed by atoms with Crippen LogP contribution >= 0.6 is 0 Å². The lowest BCUT2D eigenvalue weighted by atomic mass is 10.1. The van der Waals surface area contributed by atoms with Gasteiger partial charge in [0.2, 0.25) is 11.8 Å². The molecule has 1 aromatic carbocycles. The van der Waals surface area contributed by atoms with Gasteiger partial charge in [-0.3, -0.25) is 4.79 Å². The van der Waals surface area contributed by atoms with Crippen molar-refractivity contribution in [2.45, 2.75) is 44.8 Å². The topological polar surface area (TPSA) is 116 Å². The molecular formula is C24H31N3O6. The molecule has 0 saturated carbocycles. The first-order valence-corrected chi connectivity index (χ1v) is 10.8. The molecule has 0 aliphatic rings. The monoisotopic (exact) mass is 457 g/mol. The first-order chi connectivity index (χ1) is 16.0. The van der Waals surface area contributed by atoms with E-state index in [2.05, 4.69) is 15.6 Å². The third kappa shape index (κ3) is 9.59. The quantitative estimate of drug-likeness (QED) is 0.351. The van der Waals surface area contributed by atoms with Gasteiger partial charge in [-0.05, 0) is 24.5 Å². The minimum absolute atomic E-state index is 0.213. The SMILES string of the molecule is COC(=O)[C@H](Cc1cccnc1OC)NC(=O)CCCCCNC(=O)OCc1ccccc1. The van der Waals surface area contributed by atoms with E-state index in [1.54, 1.807) is 18.3 Å². The van der Waals surface area contributed by atoms with Crippen molar-refractivity contribution < 1.29 is 28.6 Å². The largest absolute Gasteiger partial charge is 0.481 e. The molecule has 0 spiro atoms. The van der Waals surface area contributed by atoms with Gasteiger partial charge in [-0.2, -0.15) is 0 Å². The Hall–Kier alpha value is -3.62. The number of methoxy groups -OCH3 is 2. The van der Waals surface area contributed by atoms with Gasteiger partial charge >= 0.3 is 12.1 Å². The summed E-state index contributed by atoms with van der Waals surface area (Å²) in [5.41, 5.74) is 1.62. The molecule has 0 unspecified atom stereocenters. The van der Waals surface area contributed by atoms with Crippen LogP contribution in [0.2, 0.25) is 0 Å². The third-order valence-electron chi connectivity index (χ3n) is 4.85. The van der Waals surface area contributed by atoms with Gasteiger partial charge in [0.25, 0.3) is 0 Å². The summed E-state index contributed by atoms with van der Waals surface area (Å²) in [6, 6.07) is 12.1. The van der Waals surface area contributed by atoms with E-state index in [9.17, 15) is 14.4 Å². The van der Waals surface area contributed by atoms with Crippen LogP contribution in [0.5, 0.6) is 5.88 Å². The summed E-state index contributed by atoms with van der Waals surface area (Å²) >= 11 is 0. The average molecular weight is 458 g/mol. The van der Waals surface area contributed by atoms with E-state index in [0.717, 1.165) is 12.0 Å². The zero-order valence-electron chi connectivity index (χ0n) is 19.0. The number of carbonyl (C=O) groups excluding carboxylic acids is 3. The van der Waals surface area contributed by atoms with Crippen molar-refractivity contribution in [3.63, 3.8) is 0 Å². The predicted molar refractivity (Wildman–Crippen MR) is 122 cm³/mol. The molecule has 2 amide bonds. The number of carbonyl (C=O) groups is 3. The molecular weight excluding hydrogens is 426 g/mol. The zero-order chi connectivity index (χ0) is 23.9. The fourth-order valence-corrected chi connectivity index (χ4v) is 3.14. The van der Waals surface area contributed by atoms with Crippen LogP contribution < -0.4 is 15.4 Å². The lowest BCUT2D eigenvalue weighted by Gasteiger charge is -2.17. The smallest absolute Gasteiger partial charge is 0.407 e. The molecule has 1 heterocycles. The number of hydrogen-bond acceptors (Lipinski definition) is 7. The molecule has 0 radical (unpaired) electrons. The Morgan fingerprint density at radius 3 is 2.52 bits per heavy atom. The van der Waals surface area contributed by atoms with Gasteiger partial charge < -0.3 is 24.8 Å². The number of amides is 2. The molecule has 1 atom stereocenters. The number of nitrogens with one attached hydrogen (secondary N) is 2. The fourth-order valence-electron chi connectivity index (χ4n) is 3.14. The highest BCUT2D eigenvalue weighted by atomic mass is 16.5. The second-order valence-electron chi connectivity index (χ2n) is 7.32. The Balaban J connectivity index is 1.65. The first-order valence-electron chi connectivity index (χ1n) is 10.8. The second-order valence-corrected chi connectivity index (χ2v) is 7.32. The third-order valence-corrected chi connectivity index (χ3v) is 4.85. The van der Waals surface area contributed by atoms with Gasteiger partial charge in [-0.25, -0.2) is 14.6 Å². The maximum Gasteiger partial charge on any atom is 0.407 e. The van der Waals surface area contributed by atoms with Gasteiger partial charge in [0.15, 0.2) is 0 Å². The van der Waals surface area contributed by atoms with Crippen LogP contribution in [0.3, 0.4) is 0 Å². The van der Waals surface area contributed by atoms with Crippen LogP contribution in [-0.4, -0.2) is 49.8 Å². The van der Waals surface area contributed by atoms with E-state index in [0.29, 0.717) is 30.8 Å². The highest BCUT2D eigenvalue weighted by Crippen LogP contribution is 2.16. The normalized spacial score (nSPS) is 11.2. The van der Waals surface area contributed by atoms with Gasteiger partial charge in [0, 0.05) is 31.1 Å². The van der Waals surface area contributed by atoms with Crippen LogP contribution in [0.25, 0.3) is 0 Å². The number of nitrogens with zero attached hydrogens (tertiary/aromatic N) is 1. The summed E-state index contributed by atoms with van der Waals surface area (Å²) in [5, 5.41) is 5.42. The number of hydrogen-bond donors (Lipinski definition) is 2. The van der Waals surface area contributed by atoms with E-state index < -0.39 is 18.1 Å². The lowest BCUT2D eigenvalue weighted by molar-refractivity contribution is -0.145. The van der Waals surface area contributed by atoms with E-state index in [1.807, 2.05) is 30.3 Å². The Morgan fingerprint density at radius 2 is 1.79 bits per heavy atom. The summed E-state index contributed by atoms with van der Waals surface area (Å²) in [6.07, 6.45) is 3.67. The molecule has 178 valence electrons. The van der Waals surface area contributed by atoms with Gasteiger partial charge in [0.05, 0.1) is 14.2 Å². The number of ether oxygens (including phenoxy) is 3. The van der Waals surface area contributed by atoms with Gasteiger partial charge in [-0.15, -0.1) is 0 Å². The van der Waals surface area contributed by atoms with E-state index in [-0.39, 0.29) is 25.4 Å². The van der Waals surface area contributed by atoms with Crippen molar-refractivity contribution in [3.05, 3.63) is 59.8 Å². The van der Waals surface area contributed by atoms with Crippen LogP contribution in [0.15, 0.2) is 48.7 Å². The molecule has 2 N–H and O–H groups in total. The van der Waals surface area contributed by atoms with Crippen molar-refractivity contribution in [3.8, 4) is 5.88 Å². The number of unbranched alkanes of at least 4 members (excludes halogenated alkanes) is 2. The molecule has 0 saturated heterocycles. The van der Waals surface area contributed by atoms with Gasteiger partial charge in [0.1, 0.15) is 12.6 Å². The zero-order valence-corrected chi connectivity index (χ0v) is 19.0. The highest BCUT2D eigenvalue weighted by molar-refractivity contribution is 5.84. The fraction of sp³-hybridized carbons (Fsp3) is 0.417. The molecule has 2 rings (SSSR count). The Kier molecular flexibility index (Phi) is 11.2. The van der Waals surface area contributed by atoms with E-state index in [4.69, 9.17) is 14.2 Å². The number of aromatic nitrogens is 1. The second kappa shape index (κ2) is 14.4. The maximum absolute atomic E-state index is 12.3. The molecule has 0 aliphatic carbocycles. The molecule has 9 heteroatoms. The summed E-state index contributed by atoms with van der Waals surface area (Å²) < 4.78 is 15.2. The number of esters is 1. The van der Waals surface area contributed by atoms with Crippen molar-refractivity contribution >= 4 is 18.0 Å². The Morgan fingerprint density at radius 1 is 1.00 bits per heavy atom. The maximum atomic E-state index is 12.3. The summed E-state index contributed by atoms with van der Waals surface area (Å²) in [5.74, 6) is -0.383. The van der Waals surface area contributed by atoms with Crippen LogP contribution in [0.1, 0.15) is 36.8 Å². The van der Waals surface area contributed by atoms with E-state index >= 15 is 0 Å². The van der Waals surface area contributed by atoms with Crippen molar-refractivity contribution in [2.75, 3.05) is 20.8 Å². The minimum Gasteiger partial charge on any atom is -0.481 e. The molecule has 2 aromatic rings. The summed E-state index contributed by atoms with van der Waals surface area (Å²) in [7, 11) is 2.77. The lowest BCUT2D eigenvalue weighted by Crippen LogP contribution is -2.43. The molecule has 0 fully saturated rings. The summed E-state index contributed by atoms with van der Waals surface area (Å²) in [4.78, 5) is 40.3. The van der Waals surface area contributed by atoms with Crippen LogP contribution in [0.4, 0.5) is 4.79 Å². The number of pyridine rings is 1. The summed E-state index contributed by atoms with van der Waals surface area (Å²) in [6.45, 7) is 0.681. The van der Waals surface area contributed by atoms with Crippen LogP contribution in [0, 0.1) is 0 Å². The molecule has 33 heavy (non-hydrogen) atoms. The van der Waals surface area contributed by atoms with Gasteiger partial charge in [-0.1, -0.05) is 42.8 Å². The van der Waals surface area contributed by atoms with Crippen molar-refractivity contribution in [1.29, 1.82) is 0 Å². The number of alkyl carbamates (subject to hydrolysis) is 1. The number of benzene rings is 1. The molecule has 0 bridgehead atoms. The minimum atomic E-state index is -0.832. The standard InChI is InChI=1S/C24H31N3O6/c1-31-22-19(12-9-15-25-22)16-20(23(29)32-2)27-21(28)13-7-4-8-14-26-24(30)33-17-18-10-5-3-6-11-18/h3,5-6,9-12,15,20H,4,7-8,13-14,16-17H2,1-2H3,(H,26,30)(H,27,28)/t20-/m0/s1. The first kappa shape index (κ1) is 25.6. The Bertz CT molecular complexity index is 891. The van der Waals surface area contributed by atoms with Crippen molar-refractivity contribution in [2.24, 2.45) is 0 Å². The highest BCUT2D eigenvalue weighted by Gasteiger charge is 2.23. The number of rotatable bonds is 13. The van der Waals surface area contributed by atoms with Crippen molar-refractivity contribution in [1.82, 2.24) is 15.6 Å². The molecule has 9 nitrogen and oxygen atoms in total. The molecule has 0 aliphatic heterocycles. The van der Waals surface area contributed by atoms with E-state index in [1.165, 1.54) is 14.2 Å².